The lowest BCUT2D eigenvalue weighted by molar-refractivity contribution is 0.102. The zero-order valence-corrected chi connectivity index (χ0v) is 11.9. The van der Waals surface area contributed by atoms with E-state index in [2.05, 4.69) is 30.8 Å². The van der Waals surface area contributed by atoms with Crippen molar-refractivity contribution in [3.63, 3.8) is 0 Å². The molecule has 7 nitrogen and oxygen atoms in total. The van der Waals surface area contributed by atoms with E-state index in [1.807, 2.05) is 18.2 Å². The van der Waals surface area contributed by atoms with Gasteiger partial charge in [-0.1, -0.05) is 6.07 Å². The Morgan fingerprint density at radius 2 is 2.05 bits per heavy atom. The number of rotatable bonds is 4. The summed E-state index contributed by atoms with van der Waals surface area (Å²) >= 11 is 0. The van der Waals surface area contributed by atoms with Crippen LogP contribution in [0.1, 0.15) is 10.4 Å². The maximum Gasteiger partial charge on any atom is 0.257 e. The van der Waals surface area contributed by atoms with Gasteiger partial charge in [0.2, 0.25) is 0 Å². The number of H-pyrrole nitrogens is 1. The van der Waals surface area contributed by atoms with Crippen LogP contribution in [0.4, 0.5) is 11.5 Å². The van der Waals surface area contributed by atoms with Gasteiger partial charge in [0, 0.05) is 19.4 Å². The van der Waals surface area contributed by atoms with Crippen LogP contribution in [0.3, 0.4) is 0 Å². The number of amides is 1. The van der Waals surface area contributed by atoms with Gasteiger partial charge in [-0.05, 0) is 24.3 Å². The minimum atomic E-state index is -0.256. The molecule has 0 fully saturated rings. The second-order valence-corrected chi connectivity index (χ2v) is 4.51. The van der Waals surface area contributed by atoms with Crippen LogP contribution < -0.4 is 10.6 Å². The molecular formula is C15H14N6O. The summed E-state index contributed by atoms with van der Waals surface area (Å²) in [5, 5.41) is 12.5. The highest BCUT2D eigenvalue weighted by Gasteiger charge is 2.13. The first kappa shape index (κ1) is 13.7. The average molecular weight is 294 g/mol. The molecule has 3 aromatic heterocycles. The summed E-state index contributed by atoms with van der Waals surface area (Å²) in [5.74, 6) is 0.447. The minimum Gasteiger partial charge on any atom is -0.373 e. The Bertz CT molecular complexity index is 766. The van der Waals surface area contributed by atoms with Gasteiger partial charge in [0.05, 0.1) is 23.1 Å². The summed E-state index contributed by atoms with van der Waals surface area (Å²) < 4.78 is 0. The van der Waals surface area contributed by atoms with E-state index < -0.39 is 0 Å². The third-order valence-electron chi connectivity index (χ3n) is 3.09. The molecular weight excluding hydrogens is 280 g/mol. The Hall–Kier alpha value is -3.22. The molecule has 0 aliphatic rings. The molecule has 22 heavy (non-hydrogen) atoms. The van der Waals surface area contributed by atoms with Crippen LogP contribution >= 0.6 is 0 Å². The molecule has 7 heteroatoms. The van der Waals surface area contributed by atoms with Crippen LogP contribution in [-0.2, 0) is 0 Å². The number of aromatic nitrogens is 4. The maximum absolute atomic E-state index is 12.3. The Morgan fingerprint density at radius 3 is 2.73 bits per heavy atom. The second-order valence-electron chi connectivity index (χ2n) is 4.51. The third kappa shape index (κ3) is 2.78. The van der Waals surface area contributed by atoms with E-state index in [1.54, 1.807) is 31.6 Å². The van der Waals surface area contributed by atoms with E-state index >= 15 is 0 Å². The monoisotopic (exact) mass is 294 g/mol. The SMILES string of the molecule is CNc1ccc(C(=O)Nc2cn[nH]c2-c2ccccn2)cn1. The van der Waals surface area contributed by atoms with Crippen LogP contribution in [0.5, 0.6) is 0 Å². The number of nitrogens with zero attached hydrogens (tertiary/aromatic N) is 3. The van der Waals surface area contributed by atoms with E-state index in [1.165, 1.54) is 6.20 Å². The zero-order valence-electron chi connectivity index (χ0n) is 11.9. The standard InChI is InChI=1S/C15H14N6O/c1-16-13-6-5-10(8-18-13)15(22)20-12-9-19-21-14(12)11-4-2-3-7-17-11/h2-9H,1H3,(H,16,18)(H,19,21)(H,20,22). The summed E-state index contributed by atoms with van der Waals surface area (Å²) in [4.78, 5) is 20.6. The number of carbonyl (C=O) groups is 1. The van der Waals surface area contributed by atoms with Gasteiger partial charge in [0.25, 0.3) is 5.91 Å². The van der Waals surface area contributed by atoms with Gasteiger partial charge in [-0.2, -0.15) is 5.10 Å². The number of hydrogen-bond acceptors (Lipinski definition) is 5. The lowest BCUT2D eigenvalue weighted by atomic mass is 10.2. The summed E-state index contributed by atoms with van der Waals surface area (Å²) in [6.45, 7) is 0. The van der Waals surface area contributed by atoms with Crippen LogP contribution in [0.25, 0.3) is 11.4 Å². The molecule has 0 atom stereocenters. The largest absolute Gasteiger partial charge is 0.373 e. The molecule has 0 aliphatic carbocycles. The highest BCUT2D eigenvalue weighted by atomic mass is 16.1. The lowest BCUT2D eigenvalue weighted by Crippen LogP contribution is -2.12. The quantitative estimate of drug-likeness (QED) is 0.685. The van der Waals surface area contributed by atoms with Crippen molar-refractivity contribution in [1.82, 2.24) is 20.2 Å². The fourth-order valence-corrected chi connectivity index (χ4v) is 1.96. The topological polar surface area (TPSA) is 95.6 Å². The van der Waals surface area contributed by atoms with Gasteiger partial charge in [-0.25, -0.2) is 4.98 Å². The third-order valence-corrected chi connectivity index (χ3v) is 3.09. The van der Waals surface area contributed by atoms with Crippen molar-refractivity contribution in [1.29, 1.82) is 0 Å². The first-order valence-electron chi connectivity index (χ1n) is 6.68. The first-order chi connectivity index (χ1) is 10.8. The fraction of sp³-hybridized carbons (Fsp3) is 0.0667. The van der Waals surface area contributed by atoms with Crippen molar-refractivity contribution in [3.8, 4) is 11.4 Å². The summed E-state index contributed by atoms with van der Waals surface area (Å²) in [6.07, 6.45) is 4.75. The van der Waals surface area contributed by atoms with Crippen LogP contribution in [-0.4, -0.2) is 33.1 Å². The molecule has 0 aliphatic heterocycles. The molecule has 3 heterocycles. The zero-order chi connectivity index (χ0) is 15.4. The highest BCUT2D eigenvalue weighted by molar-refractivity contribution is 6.05. The average Bonchev–Trinajstić information content (AvgIpc) is 3.04. The van der Waals surface area contributed by atoms with Crippen molar-refractivity contribution >= 4 is 17.4 Å². The molecule has 3 N–H and O–H groups in total. The van der Waals surface area contributed by atoms with Crippen LogP contribution in [0, 0.1) is 0 Å². The Labute approximate surface area is 126 Å². The fourth-order valence-electron chi connectivity index (χ4n) is 1.96. The van der Waals surface area contributed by atoms with Gasteiger partial charge < -0.3 is 10.6 Å². The number of hydrogen-bond donors (Lipinski definition) is 3. The molecule has 0 spiro atoms. The summed E-state index contributed by atoms with van der Waals surface area (Å²) in [7, 11) is 1.77. The first-order valence-corrected chi connectivity index (χ1v) is 6.68. The summed E-state index contributed by atoms with van der Waals surface area (Å²) in [5.41, 5.74) is 2.40. The van der Waals surface area contributed by atoms with E-state index in [9.17, 15) is 4.79 Å². The Balaban J connectivity index is 1.81. The van der Waals surface area contributed by atoms with Gasteiger partial charge in [0.15, 0.2) is 0 Å². The molecule has 3 rings (SSSR count). The van der Waals surface area contributed by atoms with Gasteiger partial charge in [-0.15, -0.1) is 0 Å². The minimum absolute atomic E-state index is 0.256. The molecule has 0 aromatic carbocycles. The van der Waals surface area contributed by atoms with Crippen molar-refractivity contribution in [2.24, 2.45) is 0 Å². The second kappa shape index (κ2) is 6.04. The van der Waals surface area contributed by atoms with Gasteiger partial charge in [-0.3, -0.25) is 14.9 Å². The van der Waals surface area contributed by atoms with Gasteiger partial charge in [0.1, 0.15) is 11.5 Å². The molecule has 0 saturated heterocycles. The van der Waals surface area contributed by atoms with Crippen LogP contribution in [0.2, 0.25) is 0 Å². The number of pyridine rings is 2. The Morgan fingerprint density at radius 1 is 1.14 bits per heavy atom. The molecule has 0 radical (unpaired) electrons. The highest BCUT2D eigenvalue weighted by Crippen LogP contribution is 2.23. The molecule has 1 amide bonds. The summed E-state index contributed by atoms with van der Waals surface area (Å²) in [6, 6.07) is 8.98. The van der Waals surface area contributed by atoms with E-state index in [0.717, 1.165) is 0 Å². The van der Waals surface area contributed by atoms with Crippen molar-refractivity contribution in [2.45, 2.75) is 0 Å². The van der Waals surface area contributed by atoms with Crippen LogP contribution in [0.15, 0.2) is 48.9 Å². The molecule has 0 unspecified atom stereocenters. The van der Waals surface area contributed by atoms with Crippen molar-refractivity contribution in [2.75, 3.05) is 17.7 Å². The maximum atomic E-state index is 12.3. The number of anilines is 2. The van der Waals surface area contributed by atoms with E-state index in [4.69, 9.17) is 0 Å². The molecule has 3 aromatic rings. The van der Waals surface area contributed by atoms with E-state index in [0.29, 0.717) is 28.5 Å². The number of aromatic amines is 1. The lowest BCUT2D eigenvalue weighted by Gasteiger charge is -2.06. The van der Waals surface area contributed by atoms with Crippen molar-refractivity contribution < 1.29 is 4.79 Å². The number of nitrogens with one attached hydrogen (secondary N) is 3. The smallest absolute Gasteiger partial charge is 0.257 e. The van der Waals surface area contributed by atoms with E-state index in [-0.39, 0.29) is 5.91 Å². The molecule has 0 saturated carbocycles. The predicted molar refractivity (Wildman–Crippen MR) is 83.6 cm³/mol. The molecule has 110 valence electrons. The Kier molecular flexibility index (Phi) is 3.78. The molecule has 0 bridgehead atoms. The van der Waals surface area contributed by atoms with Gasteiger partial charge >= 0.3 is 0 Å². The predicted octanol–water partition coefficient (Wildman–Crippen LogP) is 2.16. The normalized spacial score (nSPS) is 10.2. The van der Waals surface area contributed by atoms with Crippen molar-refractivity contribution in [3.05, 3.63) is 54.5 Å². The number of carbonyl (C=O) groups excluding carboxylic acids is 1.